The molecule has 3 rings (SSSR count). The molecule has 0 radical (unpaired) electrons. The van der Waals surface area contributed by atoms with Crippen molar-refractivity contribution in [3.8, 4) is 0 Å². The van der Waals surface area contributed by atoms with Crippen molar-refractivity contribution in [3.63, 3.8) is 0 Å². The summed E-state index contributed by atoms with van der Waals surface area (Å²) in [5.41, 5.74) is 2.06. The summed E-state index contributed by atoms with van der Waals surface area (Å²) >= 11 is 0. The molecule has 1 aromatic carbocycles. The molecule has 1 atom stereocenters. The number of carbonyl (C=O) groups excluding carboxylic acids is 1. The Morgan fingerprint density at radius 1 is 1.28 bits per heavy atom. The van der Waals surface area contributed by atoms with Crippen molar-refractivity contribution in [1.29, 1.82) is 0 Å². The molecule has 1 amide bonds. The van der Waals surface area contributed by atoms with Gasteiger partial charge in [0.1, 0.15) is 0 Å². The van der Waals surface area contributed by atoms with Gasteiger partial charge in [-0.05, 0) is 43.7 Å². The van der Waals surface area contributed by atoms with Crippen LogP contribution in [0.4, 0.5) is 11.4 Å². The largest absolute Gasteiger partial charge is 0.371 e. The quantitative estimate of drug-likeness (QED) is 0.843. The molecule has 0 bridgehead atoms. The highest BCUT2D eigenvalue weighted by atomic mass is 16.1. The Bertz CT molecular complexity index is 662. The highest BCUT2D eigenvalue weighted by molar-refractivity contribution is 5.90. The lowest BCUT2D eigenvalue weighted by Crippen LogP contribution is -2.30. The number of benzene rings is 1. The molecule has 25 heavy (non-hydrogen) atoms. The Labute approximate surface area is 149 Å². The predicted octanol–water partition coefficient (Wildman–Crippen LogP) is 2.87. The summed E-state index contributed by atoms with van der Waals surface area (Å²) in [4.78, 5) is 20.7. The van der Waals surface area contributed by atoms with E-state index in [0.717, 1.165) is 31.9 Å². The fraction of sp³-hybridized carbons (Fsp3) is 0.400. The third kappa shape index (κ3) is 5.29. The van der Waals surface area contributed by atoms with E-state index in [1.54, 1.807) is 12.4 Å². The van der Waals surface area contributed by atoms with Crippen LogP contribution in [-0.2, 0) is 4.79 Å². The first-order valence-electron chi connectivity index (χ1n) is 8.89. The number of anilines is 2. The summed E-state index contributed by atoms with van der Waals surface area (Å²) in [5.74, 6) is 0.698. The van der Waals surface area contributed by atoms with Crippen molar-refractivity contribution in [3.05, 3.63) is 54.9 Å². The van der Waals surface area contributed by atoms with E-state index in [2.05, 4.69) is 57.5 Å². The molecule has 5 heteroatoms. The average molecular weight is 338 g/mol. The Hall–Kier alpha value is -2.40. The van der Waals surface area contributed by atoms with Crippen LogP contribution in [-0.4, -0.2) is 49.0 Å². The van der Waals surface area contributed by atoms with Crippen LogP contribution in [0.1, 0.15) is 12.8 Å². The monoisotopic (exact) mass is 338 g/mol. The molecule has 0 aliphatic carbocycles. The van der Waals surface area contributed by atoms with Crippen molar-refractivity contribution in [1.82, 2.24) is 9.88 Å². The average Bonchev–Trinajstić information content (AvgIpc) is 3.10. The number of nitrogens with one attached hydrogen (secondary N) is 1. The Balaban J connectivity index is 1.38. The second-order valence-electron chi connectivity index (χ2n) is 6.74. The van der Waals surface area contributed by atoms with Crippen LogP contribution >= 0.6 is 0 Å². The van der Waals surface area contributed by atoms with Crippen LogP contribution in [0, 0.1) is 5.92 Å². The highest BCUT2D eigenvalue weighted by Gasteiger charge is 2.23. The van der Waals surface area contributed by atoms with Crippen molar-refractivity contribution in [2.45, 2.75) is 12.8 Å². The van der Waals surface area contributed by atoms with Gasteiger partial charge in [0.2, 0.25) is 5.91 Å². The zero-order valence-electron chi connectivity index (χ0n) is 14.8. The second kappa shape index (κ2) is 8.62. The number of pyridine rings is 1. The predicted molar refractivity (Wildman–Crippen MR) is 102 cm³/mol. The molecule has 0 spiro atoms. The Morgan fingerprint density at radius 2 is 2.12 bits per heavy atom. The summed E-state index contributed by atoms with van der Waals surface area (Å²) in [6.07, 6.45) is 5.07. The van der Waals surface area contributed by atoms with Crippen LogP contribution in [0.2, 0.25) is 0 Å². The van der Waals surface area contributed by atoms with Crippen LogP contribution in [0.5, 0.6) is 0 Å². The summed E-state index contributed by atoms with van der Waals surface area (Å²) in [7, 11) is 2.10. The van der Waals surface area contributed by atoms with Gasteiger partial charge in [0.05, 0.1) is 11.9 Å². The minimum absolute atomic E-state index is 0.0391. The third-order valence-corrected chi connectivity index (χ3v) is 4.64. The highest BCUT2D eigenvalue weighted by Crippen LogP contribution is 2.23. The topological polar surface area (TPSA) is 48.5 Å². The lowest BCUT2D eigenvalue weighted by molar-refractivity contribution is -0.116. The minimum Gasteiger partial charge on any atom is -0.371 e. The molecule has 1 N–H and O–H groups in total. The molecule has 0 saturated carbocycles. The zero-order valence-corrected chi connectivity index (χ0v) is 14.8. The number of amides is 1. The normalized spacial score (nSPS) is 17.0. The summed E-state index contributed by atoms with van der Waals surface area (Å²) in [5, 5.41) is 2.88. The van der Waals surface area contributed by atoms with Crippen molar-refractivity contribution >= 4 is 17.3 Å². The van der Waals surface area contributed by atoms with E-state index in [-0.39, 0.29) is 5.91 Å². The molecular formula is C20H26N4O. The number of hydrogen-bond acceptors (Lipinski definition) is 4. The van der Waals surface area contributed by atoms with Gasteiger partial charge in [-0.15, -0.1) is 0 Å². The van der Waals surface area contributed by atoms with Crippen molar-refractivity contribution < 1.29 is 4.79 Å². The first-order valence-corrected chi connectivity index (χ1v) is 8.89. The SMILES string of the molecule is CN(CCC(=O)Nc1cccnc1)C[C@H]1CCN(c2ccccc2)C1. The molecule has 5 nitrogen and oxygen atoms in total. The fourth-order valence-corrected chi connectivity index (χ4v) is 3.34. The van der Waals surface area contributed by atoms with Crippen LogP contribution in [0.3, 0.4) is 0 Å². The fourth-order valence-electron chi connectivity index (χ4n) is 3.34. The lowest BCUT2D eigenvalue weighted by atomic mass is 10.1. The van der Waals surface area contributed by atoms with Crippen LogP contribution in [0.15, 0.2) is 54.9 Å². The standard InChI is InChI=1S/C20H26N4O/c1-23(12-10-20(25)22-18-6-5-11-21-14-18)15-17-9-13-24(16-17)19-7-3-2-4-8-19/h2-8,11,14,17H,9-10,12-13,15-16H2,1H3,(H,22,25)/t17-/m1/s1. The van der Waals surface area contributed by atoms with Gasteiger partial charge < -0.3 is 15.1 Å². The van der Waals surface area contributed by atoms with E-state index in [4.69, 9.17) is 0 Å². The van der Waals surface area contributed by atoms with Gasteiger partial charge in [-0.25, -0.2) is 0 Å². The molecule has 1 saturated heterocycles. The molecule has 1 aliphatic heterocycles. The minimum atomic E-state index is 0.0391. The second-order valence-corrected chi connectivity index (χ2v) is 6.74. The van der Waals surface area contributed by atoms with Gasteiger partial charge >= 0.3 is 0 Å². The van der Waals surface area contributed by atoms with Gasteiger partial charge in [0.25, 0.3) is 0 Å². The van der Waals surface area contributed by atoms with E-state index in [0.29, 0.717) is 12.3 Å². The number of carbonyl (C=O) groups is 1. The maximum Gasteiger partial charge on any atom is 0.225 e. The van der Waals surface area contributed by atoms with Crippen LogP contribution in [0.25, 0.3) is 0 Å². The molecule has 132 valence electrons. The van der Waals surface area contributed by atoms with Gasteiger partial charge in [0, 0.05) is 44.5 Å². The summed E-state index contributed by atoms with van der Waals surface area (Å²) in [6.45, 7) is 4.01. The van der Waals surface area contributed by atoms with Gasteiger partial charge in [0.15, 0.2) is 0 Å². The van der Waals surface area contributed by atoms with Crippen molar-refractivity contribution in [2.24, 2.45) is 5.92 Å². The number of hydrogen-bond donors (Lipinski definition) is 1. The molecular weight excluding hydrogens is 312 g/mol. The van der Waals surface area contributed by atoms with E-state index >= 15 is 0 Å². The number of aromatic nitrogens is 1. The van der Waals surface area contributed by atoms with Gasteiger partial charge in [-0.1, -0.05) is 18.2 Å². The Kier molecular flexibility index (Phi) is 6.01. The van der Waals surface area contributed by atoms with Crippen LogP contribution < -0.4 is 10.2 Å². The number of rotatable bonds is 7. The molecule has 2 aromatic rings. The zero-order chi connectivity index (χ0) is 17.5. The van der Waals surface area contributed by atoms with Gasteiger partial charge in [-0.3, -0.25) is 9.78 Å². The maximum atomic E-state index is 12.0. The first kappa shape index (κ1) is 17.4. The molecule has 1 aliphatic rings. The van der Waals surface area contributed by atoms with Crippen molar-refractivity contribution in [2.75, 3.05) is 43.4 Å². The first-order chi connectivity index (χ1) is 12.2. The smallest absolute Gasteiger partial charge is 0.225 e. The number of para-hydroxylation sites is 1. The van der Waals surface area contributed by atoms with E-state index in [1.165, 1.54) is 12.1 Å². The Morgan fingerprint density at radius 3 is 2.88 bits per heavy atom. The summed E-state index contributed by atoms with van der Waals surface area (Å²) < 4.78 is 0. The molecule has 0 unspecified atom stereocenters. The molecule has 1 aromatic heterocycles. The summed E-state index contributed by atoms with van der Waals surface area (Å²) in [6, 6.07) is 14.3. The molecule has 2 heterocycles. The van der Waals surface area contributed by atoms with E-state index < -0.39 is 0 Å². The van der Waals surface area contributed by atoms with E-state index in [1.807, 2.05) is 12.1 Å². The lowest BCUT2D eigenvalue weighted by Gasteiger charge is -2.22. The van der Waals surface area contributed by atoms with Gasteiger partial charge in [-0.2, -0.15) is 0 Å². The maximum absolute atomic E-state index is 12.0. The third-order valence-electron chi connectivity index (χ3n) is 4.64. The number of nitrogens with zero attached hydrogens (tertiary/aromatic N) is 3. The molecule has 1 fully saturated rings. The van der Waals surface area contributed by atoms with E-state index in [9.17, 15) is 4.79 Å².